The van der Waals surface area contributed by atoms with E-state index in [0.717, 1.165) is 38.2 Å². The lowest BCUT2D eigenvalue weighted by molar-refractivity contribution is 0.289. The molecule has 2 fully saturated rings. The smallest absolute Gasteiger partial charge is 0.236 e. The van der Waals surface area contributed by atoms with Gasteiger partial charge in [0.2, 0.25) is 5.88 Å². The van der Waals surface area contributed by atoms with Crippen LogP contribution in [0.3, 0.4) is 0 Å². The maximum atomic E-state index is 6.02. The first-order valence-electron chi connectivity index (χ1n) is 6.20. The zero-order chi connectivity index (χ0) is 11.7. The molecule has 0 amide bonds. The van der Waals surface area contributed by atoms with Gasteiger partial charge in [0.25, 0.3) is 0 Å². The number of rotatable bonds is 4. The van der Waals surface area contributed by atoms with Crippen LogP contribution < -0.4 is 10.1 Å². The Morgan fingerprint density at radius 3 is 3.00 bits per heavy atom. The van der Waals surface area contributed by atoms with E-state index in [4.69, 9.17) is 16.3 Å². The molecule has 1 aliphatic carbocycles. The number of halogens is 1. The molecule has 2 aliphatic rings. The topological polar surface area (TPSA) is 47.0 Å². The lowest BCUT2D eigenvalue weighted by Crippen LogP contribution is -2.12. The third-order valence-electron chi connectivity index (χ3n) is 3.20. The summed E-state index contributed by atoms with van der Waals surface area (Å²) in [5.41, 5.74) is 0. The van der Waals surface area contributed by atoms with E-state index in [1.54, 1.807) is 6.20 Å². The van der Waals surface area contributed by atoms with Gasteiger partial charge in [-0.2, -0.15) is 4.98 Å². The third-order valence-corrected chi connectivity index (χ3v) is 3.46. The van der Waals surface area contributed by atoms with Crippen molar-refractivity contribution in [2.45, 2.75) is 31.8 Å². The maximum Gasteiger partial charge on any atom is 0.236 e. The fourth-order valence-corrected chi connectivity index (χ4v) is 2.19. The number of ether oxygens (including phenoxy) is 1. The number of hydrogen-bond donors (Lipinski definition) is 1. The molecule has 92 valence electrons. The van der Waals surface area contributed by atoms with Crippen molar-refractivity contribution in [2.75, 3.05) is 13.1 Å². The highest BCUT2D eigenvalue weighted by atomic mass is 35.5. The molecule has 1 saturated heterocycles. The Labute approximate surface area is 106 Å². The predicted molar refractivity (Wildman–Crippen MR) is 65.4 cm³/mol. The molecule has 1 aromatic heterocycles. The van der Waals surface area contributed by atoms with Crippen molar-refractivity contribution >= 4 is 11.6 Å². The highest BCUT2D eigenvalue weighted by Gasteiger charge is 2.25. The largest absolute Gasteiger partial charge is 0.473 e. The highest BCUT2D eigenvalue weighted by Crippen LogP contribution is 2.30. The summed E-state index contributed by atoms with van der Waals surface area (Å²) in [5.74, 6) is 2.05. The Kier molecular flexibility index (Phi) is 3.16. The fourth-order valence-electron chi connectivity index (χ4n) is 2.06. The van der Waals surface area contributed by atoms with Crippen molar-refractivity contribution < 1.29 is 4.74 Å². The van der Waals surface area contributed by atoms with Gasteiger partial charge in [-0.25, -0.2) is 4.98 Å². The van der Waals surface area contributed by atoms with Crippen LogP contribution in [0.5, 0.6) is 5.88 Å². The van der Waals surface area contributed by atoms with Crippen molar-refractivity contribution in [3.05, 3.63) is 17.0 Å². The Bertz CT molecular complexity index is 403. The van der Waals surface area contributed by atoms with Gasteiger partial charge < -0.3 is 10.1 Å². The number of hydrogen-bond acceptors (Lipinski definition) is 4. The first-order chi connectivity index (χ1) is 8.31. The molecule has 0 aromatic carbocycles. The molecule has 4 nitrogen and oxygen atoms in total. The van der Waals surface area contributed by atoms with E-state index in [9.17, 15) is 0 Å². The fraction of sp³-hybridized carbons (Fsp3) is 0.667. The molecular formula is C12H16ClN3O. The Morgan fingerprint density at radius 1 is 1.41 bits per heavy atom. The molecule has 1 aliphatic heterocycles. The number of nitrogens with one attached hydrogen (secondary N) is 1. The van der Waals surface area contributed by atoms with E-state index in [2.05, 4.69) is 15.3 Å². The van der Waals surface area contributed by atoms with Gasteiger partial charge in [-0.1, -0.05) is 11.6 Å². The molecule has 1 saturated carbocycles. The number of aromatic nitrogens is 2. The predicted octanol–water partition coefficient (Wildman–Crippen LogP) is 1.82. The second kappa shape index (κ2) is 4.78. The van der Waals surface area contributed by atoms with Crippen LogP contribution in [0, 0.1) is 5.92 Å². The SMILES string of the molecule is Clc1cnc(C[C@@H]2CCNC2)nc1OC1CC1. The van der Waals surface area contributed by atoms with E-state index < -0.39 is 0 Å². The van der Waals surface area contributed by atoms with Gasteiger partial charge in [0.05, 0.1) is 6.20 Å². The maximum absolute atomic E-state index is 6.02. The van der Waals surface area contributed by atoms with Gasteiger partial charge in [0.1, 0.15) is 17.0 Å². The van der Waals surface area contributed by atoms with E-state index in [0.29, 0.717) is 22.9 Å². The Balaban J connectivity index is 1.70. The normalized spacial score (nSPS) is 23.9. The quantitative estimate of drug-likeness (QED) is 0.889. The van der Waals surface area contributed by atoms with Gasteiger partial charge in [-0.15, -0.1) is 0 Å². The lowest BCUT2D eigenvalue weighted by Gasteiger charge is -2.09. The molecule has 2 heterocycles. The van der Waals surface area contributed by atoms with Crippen molar-refractivity contribution in [3.63, 3.8) is 0 Å². The summed E-state index contributed by atoms with van der Waals surface area (Å²) in [6.45, 7) is 2.16. The van der Waals surface area contributed by atoms with Crippen molar-refractivity contribution in [1.82, 2.24) is 15.3 Å². The van der Waals surface area contributed by atoms with Gasteiger partial charge in [0.15, 0.2) is 0 Å². The zero-order valence-corrected chi connectivity index (χ0v) is 10.4. The van der Waals surface area contributed by atoms with E-state index in [1.807, 2.05) is 0 Å². The Hall–Kier alpha value is -0.870. The third kappa shape index (κ3) is 2.87. The van der Waals surface area contributed by atoms with Crippen molar-refractivity contribution in [1.29, 1.82) is 0 Å². The molecule has 0 unspecified atom stereocenters. The minimum atomic E-state index is 0.323. The van der Waals surface area contributed by atoms with Crippen LogP contribution in [0.2, 0.25) is 5.02 Å². The van der Waals surface area contributed by atoms with E-state index in [-0.39, 0.29) is 0 Å². The molecule has 17 heavy (non-hydrogen) atoms. The Morgan fingerprint density at radius 2 is 2.29 bits per heavy atom. The van der Waals surface area contributed by atoms with Crippen LogP contribution in [0.4, 0.5) is 0 Å². The molecule has 0 bridgehead atoms. The summed E-state index contributed by atoms with van der Waals surface area (Å²) in [4.78, 5) is 8.70. The van der Waals surface area contributed by atoms with Gasteiger partial charge >= 0.3 is 0 Å². The summed E-state index contributed by atoms with van der Waals surface area (Å²) >= 11 is 6.02. The molecule has 0 spiro atoms. The molecule has 1 N–H and O–H groups in total. The van der Waals surface area contributed by atoms with Gasteiger partial charge in [-0.05, 0) is 38.3 Å². The van der Waals surface area contributed by atoms with E-state index in [1.165, 1.54) is 6.42 Å². The zero-order valence-electron chi connectivity index (χ0n) is 9.66. The second-order valence-corrected chi connectivity index (χ2v) is 5.23. The van der Waals surface area contributed by atoms with Crippen LogP contribution >= 0.6 is 11.6 Å². The molecular weight excluding hydrogens is 238 g/mol. The summed E-state index contributed by atoms with van der Waals surface area (Å²) in [6, 6.07) is 0. The van der Waals surface area contributed by atoms with Crippen LogP contribution in [0.15, 0.2) is 6.20 Å². The highest BCUT2D eigenvalue weighted by molar-refractivity contribution is 6.31. The summed E-state index contributed by atoms with van der Waals surface area (Å²) in [6.07, 6.45) is 6.31. The van der Waals surface area contributed by atoms with Crippen molar-refractivity contribution in [3.8, 4) is 5.88 Å². The van der Waals surface area contributed by atoms with Crippen LogP contribution in [-0.4, -0.2) is 29.2 Å². The summed E-state index contributed by atoms with van der Waals surface area (Å²) in [7, 11) is 0. The van der Waals surface area contributed by atoms with Crippen LogP contribution in [-0.2, 0) is 6.42 Å². The van der Waals surface area contributed by atoms with Gasteiger partial charge in [-0.3, -0.25) is 0 Å². The molecule has 5 heteroatoms. The molecule has 3 rings (SSSR count). The number of nitrogens with zero attached hydrogens (tertiary/aromatic N) is 2. The molecule has 1 aromatic rings. The summed E-state index contributed by atoms with van der Waals surface area (Å²) < 4.78 is 5.66. The van der Waals surface area contributed by atoms with Crippen molar-refractivity contribution in [2.24, 2.45) is 5.92 Å². The van der Waals surface area contributed by atoms with Crippen LogP contribution in [0.25, 0.3) is 0 Å². The van der Waals surface area contributed by atoms with E-state index >= 15 is 0 Å². The second-order valence-electron chi connectivity index (χ2n) is 4.82. The minimum Gasteiger partial charge on any atom is -0.473 e. The average molecular weight is 254 g/mol. The first-order valence-corrected chi connectivity index (χ1v) is 6.58. The summed E-state index contributed by atoms with van der Waals surface area (Å²) in [5, 5.41) is 3.87. The molecule has 0 radical (unpaired) electrons. The minimum absolute atomic E-state index is 0.323. The first kappa shape index (κ1) is 11.2. The average Bonchev–Trinajstić information content (AvgIpc) is 2.98. The standard InChI is InChI=1S/C12H16ClN3O/c13-10-7-15-11(5-8-3-4-14-6-8)16-12(10)17-9-1-2-9/h7-9,14H,1-6H2/t8-/m0/s1. The monoisotopic (exact) mass is 253 g/mol. The lowest BCUT2D eigenvalue weighted by atomic mass is 10.0. The molecule has 1 atom stereocenters. The van der Waals surface area contributed by atoms with Gasteiger partial charge in [0, 0.05) is 6.42 Å². The van der Waals surface area contributed by atoms with Crippen LogP contribution in [0.1, 0.15) is 25.1 Å².